The Bertz CT molecular complexity index is 426. The van der Waals surface area contributed by atoms with Crippen LogP contribution in [-0.2, 0) is 15.6 Å². The monoisotopic (exact) mass is 332 g/mol. The first-order chi connectivity index (χ1) is 8.58. The van der Waals surface area contributed by atoms with Crippen LogP contribution in [0, 0.1) is 0 Å². The van der Waals surface area contributed by atoms with Crippen LogP contribution in [0.25, 0.3) is 0 Å². The van der Waals surface area contributed by atoms with Gasteiger partial charge in [-0.3, -0.25) is 9.00 Å². The predicted octanol–water partition coefficient (Wildman–Crippen LogP) is 1.75. The fraction of sp³-hybridized carbons (Fsp3) is 0.417. The topological polar surface area (TPSA) is 58.2 Å². The fourth-order valence-corrected chi connectivity index (χ4v) is 2.32. The Morgan fingerprint density at radius 2 is 2.22 bits per heavy atom. The van der Waals surface area contributed by atoms with E-state index in [1.54, 1.807) is 6.26 Å². The van der Waals surface area contributed by atoms with Crippen LogP contribution in [0.2, 0.25) is 0 Å². The van der Waals surface area contributed by atoms with E-state index in [4.69, 9.17) is 0 Å². The van der Waals surface area contributed by atoms with E-state index in [1.807, 2.05) is 24.3 Å². The van der Waals surface area contributed by atoms with Crippen LogP contribution < -0.4 is 10.6 Å². The first-order valence-electron chi connectivity index (χ1n) is 5.64. The minimum absolute atomic E-state index is 0.0780. The zero-order valence-corrected chi connectivity index (χ0v) is 12.6. The molecule has 100 valence electrons. The molecule has 2 N–H and O–H groups in total. The molecule has 0 saturated carbocycles. The molecular weight excluding hydrogens is 316 g/mol. The van der Waals surface area contributed by atoms with Gasteiger partial charge in [0.25, 0.3) is 0 Å². The van der Waals surface area contributed by atoms with Gasteiger partial charge in [-0.05, 0) is 31.2 Å². The van der Waals surface area contributed by atoms with Crippen molar-refractivity contribution in [1.29, 1.82) is 0 Å². The second-order valence-electron chi connectivity index (χ2n) is 3.87. The number of amides is 1. The van der Waals surface area contributed by atoms with E-state index in [-0.39, 0.29) is 12.5 Å². The van der Waals surface area contributed by atoms with Crippen molar-refractivity contribution in [2.45, 2.75) is 6.42 Å². The molecule has 0 aliphatic rings. The van der Waals surface area contributed by atoms with E-state index in [2.05, 4.69) is 26.6 Å². The lowest BCUT2D eigenvalue weighted by Gasteiger charge is -2.06. The summed E-state index contributed by atoms with van der Waals surface area (Å²) >= 11 is 3.34. The van der Waals surface area contributed by atoms with Gasteiger partial charge in [-0.15, -0.1) is 0 Å². The predicted molar refractivity (Wildman–Crippen MR) is 79.2 cm³/mol. The van der Waals surface area contributed by atoms with Gasteiger partial charge in [0, 0.05) is 33.0 Å². The molecule has 1 aromatic rings. The fourth-order valence-electron chi connectivity index (χ4n) is 1.37. The largest absolute Gasteiger partial charge is 0.325 e. The number of benzene rings is 1. The molecule has 0 bridgehead atoms. The van der Waals surface area contributed by atoms with Crippen LogP contribution in [0.1, 0.15) is 6.42 Å². The smallest absolute Gasteiger partial charge is 0.238 e. The Labute approximate surface area is 118 Å². The van der Waals surface area contributed by atoms with E-state index in [0.29, 0.717) is 12.3 Å². The number of nitrogens with one attached hydrogen (secondary N) is 2. The summed E-state index contributed by atoms with van der Waals surface area (Å²) in [4.78, 5) is 11.6. The van der Waals surface area contributed by atoms with Crippen molar-refractivity contribution < 1.29 is 9.00 Å². The molecule has 0 aliphatic carbocycles. The van der Waals surface area contributed by atoms with Gasteiger partial charge in [0.15, 0.2) is 0 Å². The molecule has 0 aromatic heterocycles. The Hall–Kier alpha value is -0.720. The molecule has 18 heavy (non-hydrogen) atoms. The summed E-state index contributed by atoms with van der Waals surface area (Å²) in [6, 6.07) is 7.45. The van der Waals surface area contributed by atoms with Crippen LogP contribution in [0.4, 0.5) is 5.69 Å². The molecule has 0 spiro atoms. The maximum atomic E-state index is 11.6. The standard InChI is InChI=1S/C12H17BrN2O2S/c1-18(17)7-3-6-14-9-12(16)15-11-5-2-4-10(13)8-11/h2,4-5,8,14H,3,6-7,9H2,1H3,(H,15,16). The van der Waals surface area contributed by atoms with Gasteiger partial charge in [0.1, 0.15) is 0 Å². The van der Waals surface area contributed by atoms with Crippen LogP contribution in [0.15, 0.2) is 28.7 Å². The highest BCUT2D eigenvalue weighted by atomic mass is 79.9. The number of hydrogen-bond acceptors (Lipinski definition) is 3. The van der Waals surface area contributed by atoms with Crippen molar-refractivity contribution in [1.82, 2.24) is 5.32 Å². The molecule has 0 aliphatic heterocycles. The Kier molecular flexibility index (Phi) is 7.15. The Morgan fingerprint density at radius 3 is 2.89 bits per heavy atom. The summed E-state index contributed by atoms with van der Waals surface area (Å²) in [7, 11) is -0.760. The Balaban J connectivity index is 2.20. The van der Waals surface area contributed by atoms with E-state index < -0.39 is 10.8 Å². The summed E-state index contributed by atoms with van der Waals surface area (Å²) in [6.07, 6.45) is 2.49. The minimum Gasteiger partial charge on any atom is -0.325 e. The third-order valence-electron chi connectivity index (χ3n) is 2.18. The molecule has 1 rings (SSSR count). The first kappa shape index (κ1) is 15.3. The normalized spacial score (nSPS) is 12.1. The number of carbonyl (C=O) groups excluding carboxylic acids is 1. The average Bonchev–Trinajstić information content (AvgIpc) is 2.28. The second-order valence-corrected chi connectivity index (χ2v) is 6.34. The molecule has 1 atom stereocenters. The van der Waals surface area contributed by atoms with Gasteiger partial charge in [-0.2, -0.15) is 0 Å². The molecule has 0 heterocycles. The van der Waals surface area contributed by atoms with Crippen LogP contribution in [0.3, 0.4) is 0 Å². The third-order valence-corrected chi connectivity index (χ3v) is 3.54. The highest BCUT2D eigenvalue weighted by Gasteiger charge is 2.01. The lowest BCUT2D eigenvalue weighted by Crippen LogP contribution is -2.29. The highest BCUT2D eigenvalue weighted by Crippen LogP contribution is 2.15. The SMILES string of the molecule is CS(=O)CCCNCC(=O)Nc1cccc(Br)c1. The van der Waals surface area contributed by atoms with E-state index in [9.17, 15) is 9.00 Å². The van der Waals surface area contributed by atoms with E-state index >= 15 is 0 Å². The van der Waals surface area contributed by atoms with Crippen molar-refractivity contribution in [2.24, 2.45) is 0 Å². The number of hydrogen-bond donors (Lipinski definition) is 2. The van der Waals surface area contributed by atoms with Crippen molar-refractivity contribution in [3.05, 3.63) is 28.7 Å². The molecule has 1 aromatic carbocycles. The molecule has 0 saturated heterocycles. The number of rotatable bonds is 7. The van der Waals surface area contributed by atoms with E-state index in [1.165, 1.54) is 0 Å². The minimum atomic E-state index is -0.760. The molecular formula is C12H17BrN2O2S. The van der Waals surface area contributed by atoms with Gasteiger partial charge >= 0.3 is 0 Å². The lowest BCUT2D eigenvalue weighted by atomic mass is 10.3. The number of anilines is 1. The van der Waals surface area contributed by atoms with Gasteiger partial charge in [0.05, 0.1) is 6.54 Å². The van der Waals surface area contributed by atoms with Gasteiger partial charge in [-0.1, -0.05) is 22.0 Å². The quantitative estimate of drug-likeness (QED) is 0.748. The van der Waals surface area contributed by atoms with Gasteiger partial charge < -0.3 is 10.6 Å². The van der Waals surface area contributed by atoms with Gasteiger partial charge in [0.2, 0.25) is 5.91 Å². The van der Waals surface area contributed by atoms with Crippen molar-refractivity contribution in [2.75, 3.05) is 30.4 Å². The molecule has 0 radical (unpaired) electrons. The Morgan fingerprint density at radius 1 is 1.44 bits per heavy atom. The third kappa shape index (κ3) is 6.88. The summed E-state index contributed by atoms with van der Waals surface area (Å²) in [5, 5.41) is 5.81. The molecule has 4 nitrogen and oxygen atoms in total. The summed E-state index contributed by atoms with van der Waals surface area (Å²) in [5.74, 6) is 0.589. The molecule has 0 fully saturated rings. The lowest BCUT2D eigenvalue weighted by molar-refractivity contribution is -0.115. The van der Waals surface area contributed by atoms with Crippen LogP contribution >= 0.6 is 15.9 Å². The highest BCUT2D eigenvalue weighted by molar-refractivity contribution is 9.10. The maximum absolute atomic E-state index is 11.6. The van der Waals surface area contributed by atoms with Crippen LogP contribution in [0.5, 0.6) is 0 Å². The molecule has 1 amide bonds. The zero-order chi connectivity index (χ0) is 13.4. The van der Waals surface area contributed by atoms with Crippen molar-refractivity contribution in [3.8, 4) is 0 Å². The van der Waals surface area contributed by atoms with E-state index in [0.717, 1.165) is 16.6 Å². The van der Waals surface area contributed by atoms with Gasteiger partial charge in [-0.25, -0.2) is 0 Å². The second kappa shape index (κ2) is 8.39. The average molecular weight is 333 g/mol. The summed E-state index contributed by atoms with van der Waals surface area (Å²) in [6.45, 7) is 0.967. The van der Waals surface area contributed by atoms with Crippen molar-refractivity contribution in [3.63, 3.8) is 0 Å². The number of carbonyl (C=O) groups is 1. The summed E-state index contributed by atoms with van der Waals surface area (Å²) in [5.41, 5.74) is 0.769. The molecule has 1 unspecified atom stereocenters. The molecule has 6 heteroatoms. The maximum Gasteiger partial charge on any atom is 0.238 e. The van der Waals surface area contributed by atoms with Crippen molar-refractivity contribution >= 4 is 38.3 Å². The number of halogens is 1. The van der Waals surface area contributed by atoms with Crippen LogP contribution in [-0.4, -0.2) is 35.2 Å². The summed E-state index contributed by atoms with van der Waals surface area (Å²) < 4.78 is 11.7. The first-order valence-corrected chi connectivity index (χ1v) is 8.16. The zero-order valence-electron chi connectivity index (χ0n) is 10.2.